The normalized spacial score (nSPS) is 25.6. The molecule has 2 aliphatic rings. The molecule has 4 unspecified atom stereocenters. The van der Waals surface area contributed by atoms with Crippen molar-refractivity contribution >= 4 is 11.6 Å². The minimum atomic E-state index is -0.693. The Morgan fingerprint density at radius 2 is 1.69 bits per heavy atom. The molecule has 1 N–H and O–H groups in total. The summed E-state index contributed by atoms with van der Waals surface area (Å²) in [6.07, 6.45) is 4.70. The molecule has 3 nitrogen and oxygen atoms in total. The predicted octanol–water partition coefficient (Wildman–Crippen LogP) is 4.47. The van der Waals surface area contributed by atoms with Crippen molar-refractivity contribution in [2.75, 3.05) is 19.0 Å². The van der Waals surface area contributed by atoms with Crippen LogP contribution in [0, 0.1) is 17.8 Å². The molecule has 3 heteroatoms. The molecule has 136 valence electrons. The number of hydrogen-bond acceptors (Lipinski definition) is 2. The Hall–Kier alpha value is -2.29. The van der Waals surface area contributed by atoms with Gasteiger partial charge in [0.25, 0.3) is 0 Å². The quantitative estimate of drug-likeness (QED) is 0.864. The van der Waals surface area contributed by atoms with Gasteiger partial charge in [-0.05, 0) is 59.9 Å². The molecule has 26 heavy (non-hydrogen) atoms. The van der Waals surface area contributed by atoms with Crippen LogP contribution < -0.4 is 10.2 Å². The first-order chi connectivity index (χ1) is 13.0. The van der Waals surface area contributed by atoms with Crippen LogP contribution in [0.1, 0.15) is 32.6 Å². The van der Waals surface area contributed by atoms with Crippen LogP contribution in [0.5, 0.6) is 0 Å². The van der Waals surface area contributed by atoms with Gasteiger partial charge in [0.1, 0.15) is 0 Å². The molecule has 4 rings (SSSR count). The van der Waals surface area contributed by atoms with Crippen LogP contribution in [0.4, 0.5) is 5.69 Å². The molecule has 0 aliphatic heterocycles. The van der Waals surface area contributed by atoms with Gasteiger partial charge in [0, 0.05) is 32.2 Å². The number of carbonyl (C=O) groups excluding carboxylic acids is 1. The van der Waals surface area contributed by atoms with Crippen molar-refractivity contribution in [3.63, 3.8) is 0 Å². The minimum absolute atomic E-state index is 0.0746. The number of nitrogens with one attached hydrogen (secondary N) is 1. The van der Waals surface area contributed by atoms with E-state index in [-0.39, 0.29) is 11.8 Å². The highest BCUT2D eigenvalue weighted by Crippen LogP contribution is 2.48. The van der Waals surface area contributed by atoms with E-state index >= 15 is 0 Å². The van der Waals surface area contributed by atoms with Crippen molar-refractivity contribution < 1.29 is 6.17 Å². The highest BCUT2D eigenvalue weighted by Gasteiger charge is 2.42. The van der Waals surface area contributed by atoms with Gasteiger partial charge in [-0.15, -0.1) is 0 Å². The zero-order valence-corrected chi connectivity index (χ0v) is 15.6. The maximum atomic E-state index is 12.6. The lowest BCUT2D eigenvalue weighted by molar-refractivity contribution is -0.126. The first kappa shape index (κ1) is 15.9. The summed E-state index contributed by atoms with van der Waals surface area (Å²) in [5, 5.41) is 2.92. The fourth-order valence-corrected chi connectivity index (χ4v) is 4.55. The Morgan fingerprint density at radius 3 is 2.23 bits per heavy atom. The van der Waals surface area contributed by atoms with E-state index in [1.165, 1.54) is 24.9 Å². The third kappa shape index (κ3) is 3.48. The first-order valence-electron chi connectivity index (χ1n) is 10.2. The maximum Gasteiger partial charge on any atom is 0.223 e. The number of amides is 1. The van der Waals surface area contributed by atoms with Crippen LogP contribution in [-0.4, -0.2) is 20.0 Å². The summed E-state index contributed by atoms with van der Waals surface area (Å²) in [6, 6.07) is 16.4. The van der Waals surface area contributed by atoms with E-state index in [1.54, 1.807) is 0 Å². The van der Waals surface area contributed by atoms with Crippen LogP contribution in [-0.2, 0) is 11.3 Å². The minimum Gasteiger partial charge on any atom is -0.378 e. The summed E-state index contributed by atoms with van der Waals surface area (Å²) in [5.74, 6) is 1.50. The van der Waals surface area contributed by atoms with E-state index in [4.69, 9.17) is 1.37 Å². The van der Waals surface area contributed by atoms with E-state index in [0.717, 1.165) is 29.0 Å². The molecule has 2 saturated carbocycles. The summed E-state index contributed by atoms with van der Waals surface area (Å²) >= 11 is 0. The average Bonchev–Trinajstić information content (AvgIpc) is 3.32. The molecule has 2 bridgehead atoms. The van der Waals surface area contributed by atoms with E-state index in [0.29, 0.717) is 5.92 Å². The molecule has 2 aromatic rings. The molecule has 2 aliphatic carbocycles. The lowest BCUT2D eigenvalue weighted by atomic mass is 9.88. The van der Waals surface area contributed by atoms with Gasteiger partial charge in [-0.1, -0.05) is 42.8 Å². The van der Waals surface area contributed by atoms with Crippen molar-refractivity contribution in [1.29, 1.82) is 0 Å². The summed E-state index contributed by atoms with van der Waals surface area (Å²) < 4.78 is 8.35. The number of fused-ring (bicyclic) bond motifs is 2. The fourth-order valence-electron chi connectivity index (χ4n) is 4.55. The third-order valence-corrected chi connectivity index (χ3v) is 6.08. The second-order valence-corrected chi connectivity index (χ2v) is 8.00. The molecular formula is C23H28N2O. The summed E-state index contributed by atoms with van der Waals surface area (Å²) in [6.45, 7) is -0.693. The summed E-state index contributed by atoms with van der Waals surface area (Å²) in [4.78, 5) is 14.6. The van der Waals surface area contributed by atoms with Gasteiger partial charge in [0.15, 0.2) is 0 Å². The Labute approximate surface area is 157 Å². The molecule has 0 saturated heterocycles. The van der Waals surface area contributed by atoms with Gasteiger partial charge in [-0.2, -0.15) is 0 Å². The standard InChI is InChI=1S/C23H28N2O/c1-25(2)21-11-9-19(10-12-21)18-6-3-16(4-7-18)15-24-23(26)22-14-17-5-8-20(22)13-17/h3-4,6-7,9-12,17,20,22H,5,8,13-15H2,1-2H3,(H,24,26)/i15D. The summed E-state index contributed by atoms with van der Waals surface area (Å²) in [7, 11) is 4.06. The van der Waals surface area contributed by atoms with Crippen LogP contribution in [0.25, 0.3) is 11.1 Å². The molecule has 0 radical (unpaired) electrons. The van der Waals surface area contributed by atoms with Gasteiger partial charge in [0.05, 0.1) is 1.37 Å². The number of anilines is 1. The van der Waals surface area contributed by atoms with Gasteiger partial charge in [0.2, 0.25) is 5.91 Å². The maximum absolute atomic E-state index is 12.6. The van der Waals surface area contributed by atoms with Gasteiger partial charge in [-0.3, -0.25) is 4.79 Å². The number of carbonyl (C=O) groups is 1. The monoisotopic (exact) mass is 349 g/mol. The van der Waals surface area contributed by atoms with Crippen LogP contribution >= 0.6 is 0 Å². The Balaban J connectivity index is 1.40. The number of nitrogens with zero attached hydrogens (tertiary/aromatic N) is 1. The second kappa shape index (κ2) is 7.14. The molecule has 4 atom stereocenters. The average molecular weight is 349 g/mol. The summed E-state index contributed by atoms with van der Waals surface area (Å²) in [5.41, 5.74) is 4.28. The van der Waals surface area contributed by atoms with Crippen molar-refractivity contribution in [2.45, 2.75) is 32.2 Å². The fraction of sp³-hybridized carbons (Fsp3) is 0.435. The topological polar surface area (TPSA) is 32.3 Å². The smallest absolute Gasteiger partial charge is 0.223 e. The molecular weight excluding hydrogens is 320 g/mol. The Morgan fingerprint density at radius 1 is 1.04 bits per heavy atom. The second-order valence-electron chi connectivity index (χ2n) is 8.00. The zero-order valence-electron chi connectivity index (χ0n) is 16.6. The highest BCUT2D eigenvalue weighted by atomic mass is 16.1. The lowest BCUT2D eigenvalue weighted by Gasteiger charge is -2.20. The molecule has 0 aromatic heterocycles. The number of benzene rings is 2. The third-order valence-electron chi connectivity index (χ3n) is 6.08. The lowest BCUT2D eigenvalue weighted by Crippen LogP contribution is -2.33. The molecule has 2 aromatic carbocycles. The van der Waals surface area contributed by atoms with Crippen LogP contribution in [0.15, 0.2) is 48.5 Å². The van der Waals surface area contributed by atoms with Crippen molar-refractivity contribution in [2.24, 2.45) is 17.8 Å². The highest BCUT2D eigenvalue weighted by molar-refractivity contribution is 5.79. The molecule has 0 spiro atoms. The van der Waals surface area contributed by atoms with Crippen molar-refractivity contribution in [1.82, 2.24) is 5.32 Å². The Bertz CT molecular complexity index is 800. The van der Waals surface area contributed by atoms with Crippen molar-refractivity contribution in [3.8, 4) is 11.1 Å². The molecule has 2 fully saturated rings. The van der Waals surface area contributed by atoms with E-state index in [9.17, 15) is 4.79 Å². The van der Waals surface area contributed by atoms with Gasteiger partial charge < -0.3 is 10.2 Å². The zero-order chi connectivity index (χ0) is 19.0. The van der Waals surface area contributed by atoms with Gasteiger partial charge in [-0.25, -0.2) is 0 Å². The van der Waals surface area contributed by atoms with Crippen LogP contribution in [0.2, 0.25) is 0 Å². The SMILES string of the molecule is [2H]C(NC(=O)C1CC2CCC1C2)c1ccc(-c2ccc(N(C)C)cc2)cc1. The van der Waals surface area contributed by atoms with E-state index in [1.807, 2.05) is 38.4 Å². The van der Waals surface area contributed by atoms with Gasteiger partial charge >= 0.3 is 0 Å². The molecule has 1 amide bonds. The van der Waals surface area contributed by atoms with Crippen molar-refractivity contribution in [3.05, 3.63) is 54.1 Å². The molecule has 0 heterocycles. The number of hydrogen-bond donors (Lipinski definition) is 1. The Kier molecular flexibility index (Phi) is 4.38. The van der Waals surface area contributed by atoms with E-state index < -0.39 is 6.52 Å². The largest absolute Gasteiger partial charge is 0.378 e. The van der Waals surface area contributed by atoms with Crippen LogP contribution in [0.3, 0.4) is 0 Å². The predicted molar refractivity (Wildman–Crippen MR) is 107 cm³/mol. The van der Waals surface area contributed by atoms with E-state index in [2.05, 4.69) is 34.5 Å². The first-order valence-corrected chi connectivity index (χ1v) is 9.61. The number of rotatable bonds is 5.